The first-order valence-electron chi connectivity index (χ1n) is 8.32. The van der Waals surface area contributed by atoms with E-state index in [0.717, 1.165) is 9.82 Å². The average molecular weight is 391 g/mol. The number of hydrogen-bond acceptors (Lipinski definition) is 6. The van der Waals surface area contributed by atoms with Crippen LogP contribution in [0.15, 0.2) is 33.6 Å². The molecule has 0 atom stereocenters. The summed E-state index contributed by atoms with van der Waals surface area (Å²) >= 11 is 0. The lowest BCUT2D eigenvalue weighted by Crippen LogP contribution is -2.22. The zero-order valence-electron chi connectivity index (χ0n) is 15.8. The number of hydrogen-bond donors (Lipinski definition) is 0. The van der Waals surface area contributed by atoms with Gasteiger partial charge in [-0.25, -0.2) is 22.5 Å². The summed E-state index contributed by atoms with van der Waals surface area (Å²) in [5.74, 6) is 0.886. The van der Waals surface area contributed by atoms with E-state index in [-0.39, 0.29) is 4.90 Å². The number of ether oxygens (including phenoxy) is 1. The highest BCUT2D eigenvalue weighted by Gasteiger charge is 2.23. The smallest absolute Gasteiger partial charge is 0.341 e. The number of benzene rings is 1. The highest BCUT2D eigenvalue weighted by molar-refractivity contribution is 7.89. The predicted octanol–water partition coefficient (Wildman–Crippen LogP) is 2.66. The molecule has 9 heteroatoms. The van der Waals surface area contributed by atoms with Crippen molar-refractivity contribution >= 4 is 27.0 Å². The lowest BCUT2D eigenvalue weighted by Gasteiger charge is -2.11. The Bertz CT molecular complexity index is 1130. The second-order valence-electron chi connectivity index (χ2n) is 6.19. The summed E-state index contributed by atoms with van der Waals surface area (Å²) in [6, 6.07) is 6.41. The Balaban J connectivity index is 2.19. The summed E-state index contributed by atoms with van der Waals surface area (Å²) in [6.07, 6.45) is 0. The van der Waals surface area contributed by atoms with Crippen LogP contribution >= 0.6 is 0 Å². The number of aryl methyl sites for hydroxylation is 2. The van der Waals surface area contributed by atoms with Crippen LogP contribution in [0, 0.1) is 6.92 Å². The standard InChI is InChI=1S/C18H21N3O5S/c1-6-21-15-8-7-12(27(23,24)20(3)4)9-14(15)19-17(21)16-10-13(11(2)26-16)18(22)25-5/h7-10H,6H2,1-5H3. The van der Waals surface area contributed by atoms with Crippen molar-refractivity contribution in [1.29, 1.82) is 0 Å². The summed E-state index contributed by atoms with van der Waals surface area (Å²) < 4.78 is 38.3. The van der Waals surface area contributed by atoms with E-state index in [1.54, 1.807) is 25.1 Å². The molecular weight excluding hydrogens is 370 g/mol. The first kappa shape index (κ1) is 19.1. The van der Waals surface area contributed by atoms with Crippen molar-refractivity contribution in [3.8, 4) is 11.6 Å². The molecule has 144 valence electrons. The first-order valence-corrected chi connectivity index (χ1v) is 9.76. The Kier molecular flexibility index (Phi) is 4.83. The normalized spacial score (nSPS) is 12.1. The molecule has 0 saturated heterocycles. The maximum Gasteiger partial charge on any atom is 0.341 e. The van der Waals surface area contributed by atoms with Gasteiger partial charge in [-0.2, -0.15) is 0 Å². The molecule has 1 aromatic carbocycles. The molecule has 0 saturated carbocycles. The van der Waals surface area contributed by atoms with Gasteiger partial charge in [0, 0.05) is 26.7 Å². The van der Waals surface area contributed by atoms with Crippen LogP contribution in [0.1, 0.15) is 23.0 Å². The SMILES string of the molecule is CCn1c(-c2cc(C(=O)OC)c(C)o2)nc2cc(S(=O)(=O)N(C)C)ccc21. The van der Waals surface area contributed by atoms with Crippen LogP contribution < -0.4 is 0 Å². The van der Waals surface area contributed by atoms with Gasteiger partial charge in [-0.1, -0.05) is 0 Å². The van der Waals surface area contributed by atoms with E-state index in [4.69, 9.17) is 9.15 Å². The second kappa shape index (κ2) is 6.82. The number of sulfonamides is 1. The monoisotopic (exact) mass is 391 g/mol. The summed E-state index contributed by atoms with van der Waals surface area (Å²) in [4.78, 5) is 16.6. The van der Waals surface area contributed by atoms with Crippen molar-refractivity contribution in [3.05, 3.63) is 35.6 Å². The van der Waals surface area contributed by atoms with Gasteiger partial charge in [0.15, 0.2) is 11.6 Å². The van der Waals surface area contributed by atoms with Gasteiger partial charge < -0.3 is 13.7 Å². The van der Waals surface area contributed by atoms with Gasteiger partial charge in [0.2, 0.25) is 10.0 Å². The number of esters is 1. The Hall–Kier alpha value is -2.65. The van der Waals surface area contributed by atoms with E-state index >= 15 is 0 Å². The van der Waals surface area contributed by atoms with Crippen LogP contribution in [0.25, 0.3) is 22.6 Å². The third-order valence-corrected chi connectivity index (χ3v) is 6.17. The topological polar surface area (TPSA) is 94.6 Å². The van der Waals surface area contributed by atoms with E-state index in [2.05, 4.69) is 4.98 Å². The van der Waals surface area contributed by atoms with Crippen LogP contribution in [0.2, 0.25) is 0 Å². The minimum atomic E-state index is -3.56. The van der Waals surface area contributed by atoms with Crippen molar-refractivity contribution in [2.24, 2.45) is 0 Å². The van der Waals surface area contributed by atoms with Gasteiger partial charge in [-0.15, -0.1) is 0 Å². The van der Waals surface area contributed by atoms with Crippen LogP contribution in [-0.2, 0) is 21.3 Å². The van der Waals surface area contributed by atoms with Crippen molar-refractivity contribution in [2.75, 3.05) is 21.2 Å². The van der Waals surface area contributed by atoms with Gasteiger partial charge in [-0.3, -0.25) is 0 Å². The Morgan fingerprint density at radius 1 is 1.30 bits per heavy atom. The van der Waals surface area contributed by atoms with E-state index in [1.165, 1.54) is 27.3 Å². The predicted molar refractivity (Wildman–Crippen MR) is 100 cm³/mol. The fourth-order valence-electron chi connectivity index (χ4n) is 2.89. The fraction of sp³-hybridized carbons (Fsp3) is 0.333. The van der Waals surface area contributed by atoms with Crippen LogP contribution in [0.4, 0.5) is 0 Å². The largest absolute Gasteiger partial charge is 0.465 e. The van der Waals surface area contributed by atoms with Gasteiger partial charge >= 0.3 is 5.97 Å². The lowest BCUT2D eigenvalue weighted by molar-refractivity contribution is 0.0599. The number of fused-ring (bicyclic) bond motifs is 1. The Morgan fingerprint density at radius 2 is 2.00 bits per heavy atom. The van der Waals surface area contributed by atoms with Gasteiger partial charge in [-0.05, 0) is 32.0 Å². The third kappa shape index (κ3) is 3.13. The van der Waals surface area contributed by atoms with Crippen molar-refractivity contribution < 1.29 is 22.4 Å². The molecule has 3 aromatic rings. The van der Waals surface area contributed by atoms with E-state index < -0.39 is 16.0 Å². The molecule has 0 unspecified atom stereocenters. The number of carbonyl (C=O) groups excluding carboxylic acids is 1. The summed E-state index contributed by atoms with van der Waals surface area (Å²) in [7, 11) is 0.710. The van der Waals surface area contributed by atoms with Gasteiger partial charge in [0.1, 0.15) is 11.3 Å². The number of imidazole rings is 1. The molecule has 2 heterocycles. The highest BCUT2D eigenvalue weighted by atomic mass is 32.2. The molecule has 0 N–H and O–H groups in total. The number of methoxy groups -OCH3 is 1. The number of rotatable bonds is 5. The summed E-state index contributed by atoms with van der Waals surface area (Å²) in [5, 5.41) is 0. The average Bonchev–Trinajstić information content (AvgIpc) is 3.20. The molecule has 27 heavy (non-hydrogen) atoms. The fourth-order valence-corrected chi connectivity index (χ4v) is 3.82. The lowest BCUT2D eigenvalue weighted by atomic mass is 10.2. The Morgan fingerprint density at radius 3 is 2.59 bits per heavy atom. The van der Waals surface area contributed by atoms with Crippen molar-refractivity contribution in [3.63, 3.8) is 0 Å². The molecule has 3 rings (SSSR count). The van der Waals surface area contributed by atoms with Crippen LogP contribution in [0.5, 0.6) is 0 Å². The van der Waals surface area contributed by atoms with E-state index in [1.807, 2.05) is 11.5 Å². The third-order valence-electron chi connectivity index (χ3n) is 4.36. The second-order valence-corrected chi connectivity index (χ2v) is 8.34. The highest BCUT2D eigenvalue weighted by Crippen LogP contribution is 2.30. The van der Waals surface area contributed by atoms with Crippen LogP contribution in [0.3, 0.4) is 0 Å². The number of aromatic nitrogens is 2. The van der Waals surface area contributed by atoms with Crippen molar-refractivity contribution in [2.45, 2.75) is 25.3 Å². The number of carbonyl (C=O) groups is 1. The molecule has 0 aliphatic heterocycles. The molecule has 8 nitrogen and oxygen atoms in total. The molecular formula is C18H21N3O5S. The van der Waals surface area contributed by atoms with Gasteiger partial charge in [0.05, 0.1) is 23.0 Å². The quantitative estimate of drug-likeness (QED) is 0.621. The summed E-state index contributed by atoms with van der Waals surface area (Å²) in [5.41, 5.74) is 1.64. The molecule has 2 aromatic heterocycles. The Labute approximate surface area is 157 Å². The van der Waals surface area contributed by atoms with Crippen LogP contribution in [-0.4, -0.2) is 49.4 Å². The molecule has 0 bridgehead atoms. The molecule has 0 fully saturated rings. The number of furan rings is 1. The minimum Gasteiger partial charge on any atom is -0.465 e. The first-order chi connectivity index (χ1) is 12.7. The molecule has 0 aliphatic rings. The number of nitrogens with zero attached hydrogens (tertiary/aromatic N) is 3. The van der Waals surface area contributed by atoms with Gasteiger partial charge in [0.25, 0.3) is 0 Å². The van der Waals surface area contributed by atoms with Crippen molar-refractivity contribution in [1.82, 2.24) is 13.9 Å². The van der Waals surface area contributed by atoms with E-state index in [9.17, 15) is 13.2 Å². The maximum atomic E-state index is 12.4. The molecule has 0 radical (unpaired) electrons. The van der Waals surface area contributed by atoms with E-state index in [0.29, 0.717) is 35.0 Å². The maximum absolute atomic E-state index is 12.4. The zero-order valence-corrected chi connectivity index (χ0v) is 16.6. The molecule has 0 aliphatic carbocycles. The zero-order chi connectivity index (χ0) is 19.9. The molecule has 0 spiro atoms. The summed E-state index contributed by atoms with van der Waals surface area (Å²) in [6.45, 7) is 4.22. The molecule has 0 amide bonds. The minimum absolute atomic E-state index is 0.165.